The molecule has 1 heterocycles. The number of nitro benzene ring substituents is 1. The number of nitrogens with zero attached hydrogens (tertiary/aromatic N) is 3. The van der Waals surface area contributed by atoms with E-state index in [2.05, 4.69) is 9.97 Å². The number of rotatable bonds is 3. The molecule has 0 saturated carbocycles. The van der Waals surface area contributed by atoms with Gasteiger partial charge in [0.05, 0.1) is 4.92 Å². The minimum atomic E-state index is -0.459. The molecular weight excluding hydrogens is 250 g/mol. The number of hydrogen-bond donors (Lipinski definition) is 2. The number of aromatic nitrogens is 2. The molecular formula is C11H11N5O3. The van der Waals surface area contributed by atoms with Gasteiger partial charge < -0.3 is 16.2 Å². The van der Waals surface area contributed by atoms with Crippen molar-refractivity contribution in [2.75, 3.05) is 11.5 Å². The van der Waals surface area contributed by atoms with Gasteiger partial charge in [0.2, 0.25) is 11.8 Å². The van der Waals surface area contributed by atoms with Gasteiger partial charge in [-0.05, 0) is 19.1 Å². The monoisotopic (exact) mass is 261 g/mol. The number of anilines is 2. The van der Waals surface area contributed by atoms with E-state index < -0.39 is 4.92 Å². The van der Waals surface area contributed by atoms with Crippen molar-refractivity contribution in [3.8, 4) is 11.6 Å². The molecule has 4 N–H and O–H groups in total. The van der Waals surface area contributed by atoms with E-state index in [1.54, 1.807) is 6.92 Å². The Kier molecular flexibility index (Phi) is 3.15. The van der Waals surface area contributed by atoms with Gasteiger partial charge in [-0.1, -0.05) is 0 Å². The Balaban J connectivity index is 2.28. The second-order valence-corrected chi connectivity index (χ2v) is 3.80. The molecule has 2 rings (SSSR count). The molecule has 0 saturated heterocycles. The van der Waals surface area contributed by atoms with Crippen LogP contribution in [-0.4, -0.2) is 14.9 Å². The molecule has 0 unspecified atom stereocenters. The van der Waals surface area contributed by atoms with Crippen molar-refractivity contribution in [1.29, 1.82) is 0 Å². The first-order valence-corrected chi connectivity index (χ1v) is 5.28. The summed E-state index contributed by atoms with van der Waals surface area (Å²) < 4.78 is 5.42. The lowest BCUT2D eigenvalue weighted by molar-refractivity contribution is -0.385. The van der Waals surface area contributed by atoms with Gasteiger partial charge in [0.1, 0.15) is 11.6 Å². The van der Waals surface area contributed by atoms with Gasteiger partial charge in [-0.15, -0.1) is 0 Å². The summed E-state index contributed by atoms with van der Waals surface area (Å²) in [6, 6.07) is 5.78. The van der Waals surface area contributed by atoms with Crippen LogP contribution in [0.3, 0.4) is 0 Å². The van der Waals surface area contributed by atoms with Gasteiger partial charge in [-0.2, -0.15) is 9.97 Å². The van der Waals surface area contributed by atoms with Crippen molar-refractivity contribution in [1.82, 2.24) is 9.97 Å². The maximum atomic E-state index is 10.7. The first-order valence-electron chi connectivity index (χ1n) is 5.28. The highest BCUT2D eigenvalue weighted by atomic mass is 16.6. The zero-order valence-electron chi connectivity index (χ0n) is 10.0. The van der Waals surface area contributed by atoms with Crippen LogP contribution in [0, 0.1) is 17.0 Å². The minimum Gasteiger partial charge on any atom is -0.439 e. The first-order chi connectivity index (χ1) is 8.95. The number of nitrogens with two attached hydrogens (primary N) is 2. The molecule has 0 aliphatic carbocycles. The van der Waals surface area contributed by atoms with Crippen LogP contribution in [0.25, 0.3) is 0 Å². The molecule has 19 heavy (non-hydrogen) atoms. The molecule has 8 heteroatoms. The second-order valence-electron chi connectivity index (χ2n) is 3.80. The molecule has 0 aliphatic heterocycles. The number of hydrogen-bond acceptors (Lipinski definition) is 7. The fraction of sp³-hybridized carbons (Fsp3) is 0.0909. The molecule has 1 aromatic heterocycles. The lowest BCUT2D eigenvalue weighted by Gasteiger charge is -2.06. The lowest BCUT2D eigenvalue weighted by Crippen LogP contribution is -2.01. The quantitative estimate of drug-likeness (QED) is 0.634. The largest absolute Gasteiger partial charge is 0.439 e. The summed E-state index contributed by atoms with van der Waals surface area (Å²) in [5, 5.41) is 10.7. The highest BCUT2D eigenvalue weighted by Gasteiger charge is 2.11. The van der Waals surface area contributed by atoms with E-state index in [0.717, 1.165) is 0 Å². The zero-order valence-corrected chi connectivity index (χ0v) is 10.0. The fourth-order valence-electron chi connectivity index (χ4n) is 1.53. The van der Waals surface area contributed by atoms with E-state index in [0.29, 0.717) is 11.3 Å². The standard InChI is InChI=1S/C11H11N5O3/c1-6-4-7(2-3-8(6)16(17)18)19-10-5-9(12)14-11(13)15-10/h2-5H,1H3,(H4,12,13,14,15). The van der Waals surface area contributed by atoms with Crippen molar-refractivity contribution >= 4 is 17.5 Å². The van der Waals surface area contributed by atoms with E-state index >= 15 is 0 Å². The summed E-state index contributed by atoms with van der Waals surface area (Å²) in [4.78, 5) is 17.8. The Morgan fingerprint density at radius 1 is 1.26 bits per heavy atom. The first kappa shape index (κ1) is 12.6. The molecule has 0 fully saturated rings. The van der Waals surface area contributed by atoms with Crippen molar-refractivity contribution in [2.24, 2.45) is 0 Å². The van der Waals surface area contributed by atoms with Crippen molar-refractivity contribution in [3.05, 3.63) is 39.9 Å². The van der Waals surface area contributed by atoms with Crippen molar-refractivity contribution in [2.45, 2.75) is 6.92 Å². The van der Waals surface area contributed by atoms with E-state index in [-0.39, 0.29) is 23.3 Å². The summed E-state index contributed by atoms with van der Waals surface area (Å²) >= 11 is 0. The third-order valence-electron chi connectivity index (χ3n) is 2.33. The summed E-state index contributed by atoms with van der Waals surface area (Å²) in [6.45, 7) is 1.62. The molecule has 0 atom stereocenters. The molecule has 1 aromatic carbocycles. The van der Waals surface area contributed by atoms with Gasteiger partial charge in [0, 0.05) is 17.7 Å². The lowest BCUT2D eigenvalue weighted by atomic mass is 10.2. The number of aryl methyl sites for hydroxylation is 1. The number of ether oxygens (including phenoxy) is 1. The van der Waals surface area contributed by atoms with Crippen LogP contribution in [0.2, 0.25) is 0 Å². The van der Waals surface area contributed by atoms with Crippen LogP contribution in [0.15, 0.2) is 24.3 Å². The Bertz CT molecular complexity index is 624. The molecule has 0 radical (unpaired) electrons. The smallest absolute Gasteiger partial charge is 0.272 e. The van der Waals surface area contributed by atoms with Gasteiger partial charge in [-0.3, -0.25) is 10.1 Å². The van der Waals surface area contributed by atoms with Crippen LogP contribution < -0.4 is 16.2 Å². The number of nitrogen functional groups attached to an aromatic ring is 2. The molecule has 0 bridgehead atoms. The highest BCUT2D eigenvalue weighted by Crippen LogP contribution is 2.26. The summed E-state index contributed by atoms with van der Waals surface area (Å²) in [7, 11) is 0. The topological polar surface area (TPSA) is 130 Å². The Labute approximate surface area is 108 Å². The van der Waals surface area contributed by atoms with E-state index in [9.17, 15) is 10.1 Å². The SMILES string of the molecule is Cc1cc(Oc2cc(N)nc(N)n2)ccc1[N+](=O)[O-]. The normalized spacial score (nSPS) is 10.2. The maximum Gasteiger partial charge on any atom is 0.272 e. The minimum absolute atomic E-state index is 0.00589. The van der Waals surface area contributed by atoms with Crippen molar-refractivity contribution < 1.29 is 9.66 Å². The van der Waals surface area contributed by atoms with Crippen LogP contribution in [-0.2, 0) is 0 Å². The number of benzene rings is 1. The van der Waals surface area contributed by atoms with E-state index in [1.807, 2.05) is 0 Å². The van der Waals surface area contributed by atoms with Gasteiger partial charge in [-0.25, -0.2) is 0 Å². The van der Waals surface area contributed by atoms with Crippen LogP contribution >= 0.6 is 0 Å². The molecule has 2 aromatic rings. The Morgan fingerprint density at radius 2 is 2.00 bits per heavy atom. The van der Waals surface area contributed by atoms with Gasteiger partial charge in [0.25, 0.3) is 5.69 Å². The zero-order chi connectivity index (χ0) is 14.0. The van der Waals surface area contributed by atoms with E-state index in [1.165, 1.54) is 24.3 Å². The number of nitro groups is 1. The highest BCUT2D eigenvalue weighted by molar-refractivity contribution is 5.46. The summed E-state index contributed by atoms with van der Waals surface area (Å²) in [6.07, 6.45) is 0. The fourth-order valence-corrected chi connectivity index (χ4v) is 1.53. The maximum absolute atomic E-state index is 10.7. The van der Waals surface area contributed by atoms with Crippen LogP contribution in [0.1, 0.15) is 5.56 Å². The molecule has 0 aliphatic rings. The van der Waals surface area contributed by atoms with Gasteiger partial charge in [0.15, 0.2) is 0 Å². The molecule has 8 nitrogen and oxygen atoms in total. The predicted molar refractivity (Wildman–Crippen MR) is 68.8 cm³/mol. The third-order valence-corrected chi connectivity index (χ3v) is 2.33. The molecule has 98 valence electrons. The molecule has 0 spiro atoms. The predicted octanol–water partition coefficient (Wildman–Crippen LogP) is 1.65. The average Bonchev–Trinajstić information content (AvgIpc) is 2.26. The van der Waals surface area contributed by atoms with Crippen molar-refractivity contribution in [3.63, 3.8) is 0 Å². The van der Waals surface area contributed by atoms with Crippen LogP contribution in [0.5, 0.6) is 11.6 Å². The summed E-state index contributed by atoms with van der Waals surface area (Å²) in [5.74, 6) is 0.758. The Morgan fingerprint density at radius 3 is 2.58 bits per heavy atom. The Hall–Kier alpha value is -2.90. The third kappa shape index (κ3) is 2.86. The summed E-state index contributed by atoms with van der Waals surface area (Å²) in [5.41, 5.74) is 11.4. The van der Waals surface area contributed by atoms with E-state index in [4.69, 9.17) is 16.2 Å². The average molecular weight is 261 g/mol. The van der Waals surface area contributed by atoms with Crippen LogP contribution in [0.4, 0.5) is 17.5 Å². The second kappa shape index (κ2) is 4.77. The molecule has 0 amide bonds. The van der Waals surface area contributed by atoms with Gasteiger partial charge >= 0.3 is 0 Å².